The number of rotatable bonds is 4. The fourth-order valence-corrected chi connectivity index (χ4v) is 6.45. The first-order valence-electron chi connectivity index (χ1n) is 12.9. The van der Waals surface area contributed by atoms with Crippen molar-refractivity contribution in [3.05, 3.63) is 66.5 Å². The van der Waals surface area contributed by atoms with Gasteiger partial charge in [0.05, 0.1) is 28.6 Å². The van der Waals surface area contributed by atoms with Crippen LogP contribution in [0.1, 0.15) is 38.3 Å². The fourth-order valence-electron chi connectivity index (χ4n) is 6.45. The third-order valence-corrected chi connectivity index (χ3v) is 7.98. The van der Waals surface area contributed by atoms with Crippen LogP contribution in [0.5, 0.6) is 0 Å². The van der Waals surface area contributed by atoms with Crippen molar-refractivity contribution in [3.8, 4) is 0 Å². The van der Waals surface area contributed by atoms with Crippen LogP contribution in [0.3, 0.4) is 0 Å². The first kappa shape index (κ1) is 22.4. The molecule has 2 aromatic carbocycles. The van der Waals surface area contributed by atoms with E-state index in [9.17, 15) is 0 Å². The number of nitrogens with zero attached hydrogens (tertiary/aromatic N) is 4. The van der Waals surface area contributed by atoms with Crippen molar-refractivity contribution in [1.29, 1.82) is 0 Å². The molecular formula is C29H30N6O2. The average Bonchev–Trinajstić information content (AvgIpc) is 3.49. The first-order chi connectivity index (χ1) is 17.9. The number of anilines is 2. The summed E-state index contributed by atoms with van der Waals surface area (Å²) in [6.07, 6.45) is 4.33. The molecule has 4 heterocycles. The second-order valence-electron chi connectivity index (χ2n) is 10.8. The van der Waals surface area contributed by atoms with E-state index < -0.39 is 5.79 Å². The van der Waals surface area contributed by atoms with E-state index in [0.717, 1.165) is 52.1 Å². The van der Waals surface area contributed by atoms with Crippen molar-refractivity contribution >= 4 is 44.5 Å². The van der Waals surface area contributed by atoms with Crippen LogP contribution in [0.25, 0.3) is 32.8 Å². The van der Waals surface area contributed by atoms with Gasteiger partial charge in [0, 0.05) is 10.8 Å². The Morgan fingerprint density at radius 1 is 1.00 bits per heavy atom. The Balaban J connectivity index is 1.25. The number of para-hydroxylation sites is 1. The van der Waals surface area contributed by atoms with Crippen LogP contribution in [-0.4, -0.2) is 37.5 Å². The van der Waals surface area contributed by atoms with E-state index in [-0.39, 0.29) is 18.2 Å². The molecule has 4 N–H and O–H groups in total. The predicted octanol–water partition coefficient (Wildman–Crippen LogP) is 5.01. The van der Waals surface area contributed by atoms with E-state index in [0.29, 0.717) is 17.6 Å². The SMILES string of the molecule is CC1(C)O[C@@H]2[C@@H](CCc3ccc4ccc(N)nc4c3)C[C@@H](n3c4ccccc4c4c(N)ncnc43)[C@@H]2O1. The summed E-state index contributed by atoms with van der Waals surface area (Å²) < 4.78 is 15.4. The number of benzene rings is 2. The van der Waals surface area contributed by atoms with E-state index in [1.54, 1.807) is 6.33 Å². The number of hydrogen-bond donors (Lipinski definition) is 2. The zero-order valence-electron chi connectivity index (χ0n) is 21.0. The number of nitrogen functional groups attached to an aromatic ring is 2. The standard InChI is InChI=1S/C29H30N6O2/c1-29(2)36-25-18(10-8-16-7-9-17-11-12-23(30)34-20(17)13-16)14-22(26(25)37-29)35-21-6-4-3-5-19(21)24-27(31)32-15-33-28(24)35/h3-7,9,11-13,15,18,22,25-26H,8,10,14H2,1-2H3,(H2,30,34)(H2,31,32,33)/t18-,22+,25+,26-/m0/s1. The van der Waals surface area contributed by atoms with E-state index in [1.807, 2.05) is 32.0 Å². The summed E-state index contributed by atoms with van der Waals surface area (Å²) in [5.41, 5.74) is 16.4. The van der Waals surface area contributed by atoms with Gasteiger partial charge in [-0.1, -0.05) is 30.3 Å². The number of aromatic nitrogens is 4. The van der Waals surface area contributed by atoms with Crippen molar-refractivity contribution in [1.82, 2.24) is 19.5 Å². The van der Waals surface area contributed by atoms with Gasteiger partial charge in [-0.3, -0.25) is 0 Å². The molecule has 4 atom stereocenters. The van der Waals surface area contributed by atoms with Crippen molar-refractivity contribution in [2.45, 2.75) is 57.1 Å². The highest BCUT2D eigenvalue weighted by Crippen LogP contribution is 2.50. The number of aryl methyl sites for hydroxylation is 1. The summed E-state index contributed by atoms with van der Waals surface area (Å²) >= 11 is 0. The molecule has 2 fully saturated rings. The summed E-state index contributed by atoms with van der Waals surface area (Å²) in [5.74, 6) is 0.737. The molecule has 2 aliphatic rings. The molecule has 1 saturated heterocycles. The van der Waals surface area contributed by atoms with Gasteiger partial charge in [0.1, 0.15) is 29.7 Å². The maximum Gasteiger partial charge on any atom is 0.163 e. The molecule has 0 unspecified atom stereocenters. The first-order valence-corrected chi connectivity index (χ1v) is 12.9. The fraction of sp³-hybridized carbons (Fsp3) is 0.345. The third-order valence-electron chi connectivity index (χ3n) is 7.98. The van der Waals surface area contributed by atoms with Gasteiger partial charge in [0.25, 0.3) is 0 Å². The molecule has 8 heteroatoms. The van der Waals surface area contributed by atoms with Crippen LogP contribution in [0.2, 0.25) is 0 Å². The quantitative estimate of drug-likeness (QED) is 0.361. The van der Waals surface area contributed by atoms with Gasteiger partial charge in [-0.2, -0.15) is 0 Å². The van der Waals surface area contributed by atoms with Crippen LogP contribution in [-0.2, 0) is 15.9 Å². The Morgan fingerprint density at radius 3 is 2.70 bits per heavy atom. The lowest BCUT2D eigenvalue weighted by Gasteiger charge is -2.25. The van der Waals surface area contributed by atoms with Gasteiger partial charge >= 0.3 is 0 Å². The molecule has 0 spiro atoms. The van der Waals surface area contributed by atoms with Gasteiger partial charge in [0.15, 0.2) is 5.79 Å². The van der Waals surface area contributed by atoms with E-state index in [2.05, 4.69) is 55.9 Å². The lowest BCUT2D eigenvalue weighted by Crippen LogP contribution is -2.27. The summed E-state index contributed by atoms with van der Waals surface area (Å²) in [7, 11) is 0. The molecule has 188 valence electrons. The molecule has 1 saturated carbocycles. The maximum absolute atomic E-state index is 6.55. The second-order valence-corrected chi connectivity index (χ2v) is 10.8. The largest absolute Gasteiger partial charge is 0.384 e. The monoisotopic (exact) mass is 494 g/mol. The minimum absolute atomic E-state index is 0.00428. The molecule has 0 radical (unpaired) electrons. The minimum Gasteiger partial charge on any atom is -0.384 e. The topological polar surface area (TPSA) is 114 Å². The molecule has 5 aromatic rings. The zero-order valence-corrected chi connectivity index (χ0v) is 21.0. The second kappa shape index (κ2) is 8.13. The van der Waals surface area contributed by atoms with Crippen molar-refractivity contribution in [2.24, 2.45) is 5.92 Å². The Kier molecular flexibility index (Phi) is 4.93. The van der Waals surface area contributed by atoms with Gasteiger partial charge in [-0.05, 0) is 68.9 Å². The molecule has 1 aliphatic heterocycles. The lowest BCUT2D eigenvalue weighted by atomic mass is 9.95. The molecule has 3 aromatic heterocycles. The number of fused-ring (bicyclic) bond motifs is 5. The van der Waals surface area contributed by atoms with Gasteiger partial charge in [0.2, 0.25) is 0 Å². The van der Waals surface area contributed by atoms with Gasteiger partial charge in [-0.25, -0.2) is 15.0 Å². The Hall–Kier alpha value is -3.75. The van der Waals surface area contributed by atoms with Crippen LogP contribution in [0, 0.1) is 5.92 Å². The lowest BCUT2D eigenvalue weighted by molar-refractivity contribution is -0.160. The number of pyridine rings is 1. The number of ether oxygens (including phenoxy) is 2. The highest BCUT2D eigenvalue weighted by Gasteiger charge is 2.54. The highest BCUT2D eigenvalue weighted by molar-refractivity contribution is 6.11. The molecule has 1 aliphatic carbocycles. The maximum atomic E-state index is 6.55. The van der Waals surface area contributed by atoms with Crippen LogP contribution in [0.4, 0.5) is 11.6 Å². The van der Waals surface area contributed by atoms with Crippen molar-refractivity contribution in [2.75, 3.05) is 11.5 Å². The average molecular weight is 495 g/mol. The van der Waals surface area contributed by atoms with Crippen molar-refractivity contribution < 1.29 is 9.47 Å². The number of hydrogen-bond acceptors (Lipinski definition) is 7. The minimum atomic E-state index is -0.635. The summed E-state index contributed by atoms with van der Waals surface area (Å²) in [5, 5.41) is 3.07. The molecule has 7 rings (SSSR count). The van der Waals surface area contributed by atoms with E-state index in [1.165, 1.54) is 5.56 Å². The van der Waals surface area contributed by atoms with Crippen molar-refractivity contribution in [3.63, 3.8) is 0 Å². The number of nitrogens with two attached hydrogens (primary N) is 2. The summed E-state index contributed by atoms with van der Waals surface area (Å²) in [4.78, 5) is 13.5. The molecule has 8 nitrogen and oxygen atoms in total. The smallest absolute Gasteiger partial charge is 0.163 e. The Labute approximate surface area is 214 Å². The molecular weight excluding hydrogens is 464 g/mol. The Morgan fingerprint density at radius 2 is 1.81 bits per heavy atom. The Bertz CT molecular complexity index is 1660. The molecule has 0 bridgehead atoms. The summed E-state index contributed by atoms with van der Waals surface area (Å²) in [6, 6.07) is 18.7. The predicted molar refractivity (Wildman–Crippen MR) is 145 cm³/mol. The summed E-state index contributed by atoms with van der Waals surface area (Å²) in [6.45, 7) is 4.01. The third kappa shape index (κ3) is 3.62. The molecule has 0 amide bonds. The van der Waals surface area contributed by atoms with E-state index >= 15 is 0 Å². The van der Waals surface area contributed by atoms with Crippen LogP contribution in [0.15, 0.2) is 60.9 Å². The van der Waals surface area contributed by atoms with E-state index in [4.69, 9.17) is 20.9 Å². The van der Waals surface area contributed by atoms with Crippen LogP contribution >= 0.6 is 0 Å². The van der Waals surface area contributed by atoms with Gasteiger partial charge < -0.3 is 25.5 Å². The highest BCUT2D eigenvalue weighted by atomic mass is 16.8. The molecule has 37 heavy (non-hydrogen) atoms. The van der Waals surface area contributed by atoms with Crippen LogP contribution < -0.4 is 11.5 Å². The van der Waals surface area contributed by atoms with Gasteiger partial charge in [-0.15, -0.1) is 0 Å². The normalized spacial score (nSPS) is 24.8. The zero-order chi connectivity index (χ0) is 25.3.